The van der Waals surface area contributed by atoms with Crippen LogP contribution in [0.4, 0.5) is 0 Å². The molecule has 0 aliphatic carbocycles. The van der Waals surface area contributed by atoms with Crippen LogP contribution in [0.25, 0.3) is 5.82 Å². The van der Waals surface area contributed by atoms with Crippen LogP contribution in [-0.4, -0.2) is 27.8 Å². The van der Waals surface area contributed by atoms with E-state index in [0.717, 1.165) is 22.8 Å². The van der Waals surface area contributed by atoms with Crippen LogP contribution in [0.15, 0.2) is 24.4 Å². The van der Waals surface area contributed by atoms with Crippen molar-refractivity contribution in [3.8, 4) is 5.82 Å². The molecule has 0 aromatic carbocycles. The lowest BCUT2D eigenvalue weighted by molar-refractivity contribution is -0.139. The van der Waals surface area contributed by atoms with E-state index in [0.29, 0.717) is 0 Å². The average molecular weight is 245 g/mol. The summed E-state index contributed by atoms with van der Waals surface area (Å²) in [4.78, 5) is 15.6. The van der Waals surface area contributed by atoms with Gasteiger partial charge in [0.2, 0.25) is 0 Å². The predicted octanol–water partition coefficient (Wildman–Crippen LogP) is 1.60. The first kappa shape index (κ1) is 12.3. The molecule has 5 nitrogen and oxygen atoms in total. The number of methoxy groups -OCH3 is 1. The molecule has 0 saturated carbocycles. The Balaban J connectivity index is 2.41. The summed E-state index contributed by atoms with van der Waals surface area (Å²) in [5, 5.41) is 4.41. The molecule has 0 aliphatic rings. The number of aryl methyl sites for hydroxylation is 1. The van der Waals surface area contributed by atoms with Crippen LogP contribution in [0, 0.1) is 13.8 Å². The van der Waals surface area contributed by atoms with Gasteiger partial charge in [0.15, 0.2) is 5.82 Å². The summed E-state index contributed by atoms with van der Waals surface area (Å²) in [5.74, 6) is 0.482. The van der Waals surface area contributed by atoms with E-state index >= 15 is 0 Å². The number of pyridine rings is 1. The Hall–Kier alpha value is -2.17. The Labute approximate surface area is 105 Å². The van der Waals surface area contributed by atoms with Crippen LogP contribution in [0.3, 0.4) is 0 Å². The number of carbonyl (C=O) groups excluding carboxylic acids is 1. The van der Waals surface area contributed by atoms with Gasteiger partial charge in [0.1, 0.15) is 0 Å². The van der Waals surface area contributed by atoms with Gasteiger partial charge in [0.25, 0.3) is 0 Å². The molecule has 0 aliphatic heterocycles. The van der Waals surface area contributed by atoms with Crippen molar-refractivity contribution in [2.24, 2.45) is 0 Å². The number of carbonyl (C=O) groups is 1. The first-order valence-electron chi connectivity index (χ1n) is 5.66. The standard InChI is InChI=1S/C13H15N3O2/c1-9-11(8-13(17)18-3)10(2)16(15-9)12-6-4-5-7-14-12/h4-7H,8H2,1-3H3. The third kappa shape index (κ3) is 2.25. The van der Waals surface area contributed by atoms with Crippen LogP contribution in [0.1, 0.15) is 17.0 Å². The van der Waals surface area contributed by atoms with Crippen LogP contribution in [0.5, 0.6) is 0 Å². The van der Waals surface area contributed by atoms with Crippen molar-refractivity contribution >= 4 is 5.97 Å². The monoisotopic (exact) mass is 245 g/mol. The lowest BCUT2D eigenvalue weighted by Gasteiger charge is -2.03. The lowest BCUT2D eigenvalue weighted by Crippen LogP contribution is -2.07. The molecule has 0 N–H and O–H groups in total. The molecule has 2 aromatic heterocycles. The molecular formula is C13H15N3O2. The van der Waals surface area contributed by atoms with Gasteiger partial charge in [0, 0.05) is 17.5 Å². The zero-order chi connectivity index (χ0) is 13.1. The number of aromatic nitrogens is 3. The zero-order valence-electron chi connectivity index (χ0n) is 10.7. The fourth-order valence-corrected chi connectivity index (χ4v) is 1.85. The quantitative estimate of drug-likeness (QED) is 0.771. The fraction of sp³-hybridized carbons (Fsp3) is 0.308. The number of ether oxygens (including phenoxy) is 1. The molecule has 0 radical (unpaired) electrons. The van der Waals surface area contributed by atoms with Crippen molar-refractivity contribution in [2.75, 3.05) is 7.11 Å². The van der Waals surface area contributed by atoms with Gasteiger partial charge in [-0.2, -0.15) is 5.10 Å². The molecule has 5 heteroatoms. The van der Waals surface area contributed by atoms with Crippen LogP contribution < -0.4 is 0 Å². The molecule has 94 valence electrons. The molecule has 2 aromatic rings. The first-order valence-corrected chi connectivity index (χ1v) is 5.66. The van der Waals surface area contributed by atoms with E-state index in [2.05, 4.69) is 14.8 Å². The highest BCUT2D eigenvalue weighted by Crippen LogP contribution is 2.17. The predicted molar refractivity (Wildman–Crippen MR) is 66.6 cm³/mol. The molecule has 0 saturated heterocycles. The Morgan fingerprint density at radius 2 is 2.17 bits per heavy atom. The van der Waals surface area contributed by atoms with E-state index in [1.54, 1.807) is 10.9 Å². The molecule has 2 heterocycles. The minimum absolute atomic E-state index is 0.237. The molecule has 18 heavy (non-hydrogen) atoms. The number of hydrogen-bond acceptors (Lipinski definition) is 4. The minimum atomic E-state index is -0.262. The van der Waals surface area contributed by atoms with Gasteiger partial charge in [-0.15, -0.1) is 0 Å². The van der Waals surface area contributed by atoms with Crippen LogP contribution in [0.2, 0.25) is 0 Å². The summed E-state index contributed by atoms with van der Waals surface area (Å²) >= 11 is 0. The Morgan fingerprint density at radius 3 is 2.78 bits per heavy atom. The van der Waals surface area contributed by atoms with E-state index < -0.39 is 0 Å². The molecule has 2 rings (SSSR count). The smallest absolute Gasteiger partial charge is 0.310 e. The number of esters is 1. The molecule has 0 unspecified atom stereocenters. The van der Waals surface area contributed by atoms with Crippen molar-refractivity contribution in [2.45, 2.75) is 20.3 Å². The Kier molecular flexibility index (Phi) is 3.41. The fourth-order valence-electron chi connectivity index (χ4n) is 1.85. The molecule has 0 amide bonds. The van der Waals surface area contributed by atoms with Crippen molar-refractivity contribution in [1.29, 1.82) is 0 Å². The number of rotatable bonds is 3. The average Bonchev–Trinajstić information content (AvgIpc) is 2.67. The van der Waals surface area contributed by atoms with Gasteiger partial charge in [-0.1, -0.05) is 6.07 Å². The maximum atomic E-state index is 11.4. The second-order valence-electron chi connectivity index (χ2n) is 4.00. The van der Waals surface area contributed by atoms with E-state index in [1.165, 1.54) is 7.11 Å². The van der Waals surface area contributed by atoms with Crippen LogP contribution >= 0.6 is 0 Å². The van der Waals surface area contributed by atoms with Gasteiger partial charge in [0.05, 0.1) is 19.2 Å². The highest BCUT2D eigenvalue weighted by molar-refractivity contribution is 5.73. The number of nitrogens with zero attached hydrogens (tertiary/aromatic N) is 3. The topological polar surface area (TPSA) is 57.0 Å². The lowest BCUT2D eigenvalue weighted by atomic mass is 10.1. The molecular weight excluding hydrogens is 230 g/mol. The van der Waals surface area contributed by atoms with Crippen molar-refractivity contribution in [3.05, 3.63) is 41.3 Å². The van der Waals surface area contributed by atoms with Crippen molar-refractivity contribution in [3.63, 3.8) is 0 Å². The van der Waals surface area contributed by atoms with E-state index in [1.807, 2.05) is 32.0 Å². The highest BCUT2D eigenvalue weighted by Gasteiger charge is 2.16. The molecule has 0 atom stereocenters. The van der Waals surface area contributed by atoms with Gasteiger partial charge < -0.3 is 4.74 Å². The maximum absolute atomic E-state index is 11.4. The van der Waals surface area contributed by atoms with Gasteiger partial charge in [-0.3, -0.25) is 4.79 Å². The van der Waals surface area contributed by atoms with E-state index in [4.69, 9.17) is 0 Å². The summed E-state index contributed by atoms with van der Waals surface area (Å²) < 4.78 is 6.43. The largest absolute Gasteiger partial charge is 0.469 e. The van der Waals surface area contributed by atoms with Gasteiger partial charge in [-0.25, -0.2) is 9.67 Å². The summed E-state index contributed by atoms with van der Waals surface area (Å²) in [7, 11) is 1.39. The molecule has 0 spiro atoms. The summed E-state index contributed by atoms with van der Waals surface area (Å²) in [6, 6.07) is 5.63. The second-order valence-corrected chi connectivity index (χ2v) is 4.00. The highest BCUT2D eigenvalue weighted by atomic mass is 16.5. The van der Waals surface area contributed by atoms with Crippen molar-refractivity contribution in [1.82, 2.24) is 14.8 Å². The van der Waals surface area contributed by atoms with Gasteiger partial charge in [-0.05, 0) is 26.0 Å². The SMILES string of the molecule is COC(=O)Cc1c(C)nn(-c2ccccn2)c1C. The van der Waals surface area contributed by atoms with Crippen molar-refractivity contribution < 1.29 is 9.53 Å². The minimum Gasteiger partial charge on any atom is -0.469 e. The summed E-state index contributed by atoms with van der Waals surface area (Å²) in [6.07, 6.45) is 1.95. The summed E-state index contributed by atoms with van der Waals surface area (Å²) in [6.45, 7) is 3.80. The Bertz CT molecular complexity index is 561. The maximum Gasteiger partial charge on any atom is 0.310 e. The summed E-state index contributed by atoms with van der Waals surface area (Å²) in [5.41, 5.74) is 2.63. The third-order valence-electron chi connectivity index (χ3n) is 2.86. The van der Waals surface area contributed by atoms with Crippen LogP contribution in [-0.2, 0) is 16.0 Å². The molecule has 0 fully saturated rings. The van der Waals surface area contributed by atoms with E-state index in [9.17, 15) is 4.79 Å². The Morgan fingerprint density at radius 1 is 1.39 bits per heavy atom. The third-order valence-corrected chi connectivity index (χ3v) is 2.86. The van der Waals surface area contributed by atoms with Gasteiger partial charge >= 0.3 is 5.97 Å². The number of hydrogen-bond donors (Lipinski definition) is 0. The zero-order valence-corrected chi connectivity index (χ0v) is 10.7. The molecule has 0 bridgehead atoms. The normalized spacial score (nSPS) is 10.4. The van der Waals surface area contributed by atoms with E-state index in [-0.39, 0.29) is 12.4 Å². The second kappa shape index (κ2) is 5.00. The first-order chi connectivity index (χ1) is 8.63.